The molecular formula is C28H24O17. The number of aliphatic hydroxyl groups is 3. The minimum absolute atomic E-state index is 0.295. The number of fused-ring (bicyclic) bond motifs is 1. The summed E-state index contributed by atoms with van der Waals surface area (Å²) in [6.07, 6.45) is -9.67. The Balaban J connectivity index is 1.50. The van der Waals surface area contributed by atoms with Gasteiger partial charge in [0.25, 0.3) is 0 Å². The van der Waals surface area contributed by atoms with Crippen LogP contribution in [0, 0.1) is 0 Å². The van der Waals surface area contributed by atoms with Gasteiger partial charge in [-0.1, -0.05) is 0 Å². The lowest BCUT2D eigenvalue weighted by atomic mass is 9.99. The minimum atomic E-state index is -2.07. The normalized spacial score (nSPS) is 21.4. The van der Waals surface area contributed by atoms with Gasteiger partial charge >= 0.3 is 5.97 Å². The van der Waals surface area contributed by atoms with Crippen LogP contribution in [0.4, 0.5) is 0 Å². The molecule has 2 heterocycles. The number of ether oxygens (including phenoxy) is 3. The van der Waals surface area contributed by atoms with Gasteiger partial charge in [0.05, 0.1) is 5.56 Å². The molecule has 5 atom stereocenters. The number of aromatic hydroxyl groups is 8. The standard InChI is InChI=1S/C28H24O17/c29-10-5-11(30)18-16(6-10)43-25(8-1-12(31)19(35)13(32)2-8)26(22(18)38)45-28-24(40)23(39)21(37)17(44-28)7-42-27(41)9-3-14(33)20(36)15(34)4-9/h1-6,17,21,23-24,28-37,39-40H,7H2/t17-,21+,23+,24-,28+/m1/s1. The molecule has 238 valence electrons. The molecule has 3 aromatic carbocycles. The third-order valence-corrected chi connectivity index (χ3v) is 6.84. The third-order valence-electron chi connectivity index (χ3n) is 6.84. The first-order chi connectivity index (χ1) is 21.2. The molecule has 0 aliphatic carbocycles. The first-order valence-electron chi connectivity index (χ1n) is 12.7. The topological polar surface area (TPSA) is 298 Å². The van der Waals surface area contributed by atoms with Crippen LogP contribution in [0.1, 0.15) is 10.4 Å². The molecule has 17 heteroatoms. The van der Waals surface area contributed by atoms with Crippen molar-refractivity contribution < 1.29 is 79.6 Å². The fourth-order valence-corrected chi connectivity index (χ4v) is 4.53. The summed E-state index contributed by atoms with van der Waals surface area (Å²) in [7, 11) is 0. The van der Waals surface area contributed by atoms with Crippen LogP contribution in [-0.2, 0) is 9.47 Å². The molecule has 0 unspecified atom stereocenters. The van der Waals surface area contributed by atoms with E-state index in [-0.39, 0.29) is 5.56 Å². The molecule has 0 spiro atoms. The fraction of sp³-hybridized carbons (Fsp3) is 0.214. The van der Waals surface area contributed by atoms with Gasteiger partial charge in [0.15, 0.2) is 40.3 Å². The van der Waals surface area contributed by atoms with Crippen LogP contribution in [0.2, 0.25) is 0 Å². The summed E-state index contributed by atoms with van der Waals surface area (Å²) in [6.45, 7) is -0.828. The Morgan fingerprint density at radius 2 is 1.31 bits per heavy atom. The smallest absolute Gasteiger partial charge is 0.338 e. The highest BCUT2D eigenvalue weighted by molar-refractivity contribution is 5.91. The molecule has 0 bridgehead atoms. The van der Waals surface area contributed by atoms with Gasteiger partial charge in [-0.15, -0.1) is 0 Å². The molecule has 4 aromatic rings. The number of hydrogen-bond donors (Lipinski definition) is 11. The monoisotopic (exact) mass is 632 g/mol. The van der Waals surface area contributed by atoms with Crippen LogP contribution >= 0.6 is 0 Å². The number of esters is 1. The van der Waals surface area contributed by atoms with Crippen molar-refractivity contribution >= 4 is 16.9 Å². The lowest BCUT2D eigenvalue weighted by molar-refractivity contribution is -0.277. The number of hydrogen-bond acceptors (Lipinski definition) is 17. The highest BCUT2D eigenvalue weighted by Crippen LogP contribution is 2.43. The molecule has 0 amide bonds. The molecular weight excluding hydrogens is 608 g/mol. The second-order valence-corrected chi connectivity index (χ2v) is 9.88. The van der Waals surface area contributed by atoms with E-state index in [9.17, 15) is 65.8 Å². The average Bonchev–Trinajstić information content (AvgIpc) is 2.98. The highest BCUT2D eigenvalue weighted by atomic mass is 16.7. The van der Waals surface area contributed by atoms with Crippen molar-refractivity contribution in [3.8, 4) is 63.1 Å². The van der Waals surface area contributed by atoms with E-state index in [2.05, 4.69) is 0 Å². The Kier molecular flexibility index (Phi) is 7.86. The Morgan fingerprint density at radius 3 is 1.91 bits per heavy atom. The van der Waals surface area contributed by atoms with E-state index in [0.29, 0.717) is 0 Å². The Morgan fingerprint density at radius 1 is 0.733 bits per heavy atom. The van der Waals surface area contributed by atoms with E-state index < -0.39 is 123 Å². The van der Waals surface area contributed by atoms with Gasteiger partial charge in [-0.3, -0.25) is 4.79 Å². The number of carbonyl (C=O) groups excluding carboxylic acids is 1. The predicted molar refractivity (Wildman–Crippen MR) is 145 cm³/mol. The summed E-state index contributed by atoms with van der Waals surface area (Å²) in [6, 6.07) is 5.02. The number of benzene rings is 3. The average molecular weight is 632 g/mol. The summed E-state index contributed by atoms with van der Waals surface area (Å²) in [4.78, 5) is 26.0. The van der Waals surface area contributed by atoms with Crippen molar-refractivity contribution in [2.45, 2.75) is 30.7 Å². The summed E-state index contributed by atoms with van der Waals surface area (Å²) < 4.78 is 21.8. The largest absolute Gasteiger partial charge is 0.508 e. The minimum Gasteiger partial charge on any atom is -0.508 e. The zero-order chi connectivity index (χ0) is 32.9. The van der Waals surface area contributed by atoms with E-state index in [0.717, 1.165) is 36.4 Å². The number of rotatable bonds is 6. The van der Waals surface area contributed by atoms with Gasteiger partial charge in [0.1, 0.15) is 53.5 Å². The highest BCUT2D eigenvalue weighted by Gasteiger charge is 2.46. The Hall–Kier alpha value is -5.62. The molecule has 1 aliphatic rings. The maximum atomic E-state index is 13.6. The maximum absolute atomic E-state index is 13.6. The van der Waals surface area contributed by atoms with Crippen LogP contribution in [0.25, 0.3) is 22.3 Å². The fourth-order valence-electron chi connectivity index (χ4n) is 4.53. The molecule has 1 aromatic heterocycles. The van der Waals surface area contributed by atoms with Gasteiger partial charge in [-0.2, -0.15) is 0 Å². The van der Waals surface area contributed by atoms with Crippen molar-refractivity contribution in [1.82, 2.24) is 0 Å². The molecule has 1 saturated heterocycles. The lowest BCUT2D eigenvalue weighted by Crippen LogP contribution is -2.60. The van der Waals surface area contributed by atoms with E-state index in [1.165, 1.54) is 0 Å². The SMILES string of the molecule is O=C(OC[C@H]1O[C@@H](Oc2c(-c3cc(O)c(O)c(O)c3)oc3cc(O)cc(O)c3c2=O)[C@H](O)[C@@H](O)[C@H]1O)c1cc(O)c(O)c(O)c1. The van der Waals surface area contributed by atoms with Crippen molar-refractivity contribution in [2.75, 3.05) is 6.61 Å². The number of aliphatic hydroxyl groups excluding tert-OH is 3. The third kappa shape index (κ3) is 5.58. The molecule has 1 aliphatic heterocycles. The number of phenols is 8. The van der Waals surface area contributed by atoms with Crippen LogP contribution in [0.3, 0.4) is 0 Å². The molecule has 45 heavy (non-hydrogen) atoms. The van der Waals surface area contributed by atoms with Crippen molar-refractivity contribution in [3.63, 3.8) is 0 Å². The predicted octanol–water partition coefficient (Wildman–Crippen LogP) is 0.148. The lowest BCUT2D eigenvalue weighted by Gasteiger charge is -2.39. The second kappa shape index (κ2) is 11.5. The Bertz CT molecular complexity index is 1820. The van der Waals surface area contributed by atoms with Crippen molar-refractivity contribution in [1.29, 1.82) is 0 Å². The summed E-state index contributed by atoms with van der Waals surface area (Å²) >= 11 is 0. The van der Waals surface area contributed by atoms with Crippen molar-refractivity contribution in [2.24, 2.45) is 0 Å². The quantitative estimate of drug-likeness (QED) is 0.0995. The molecule has 0 radical (unpaired) electrons. The van der Waals surface area contributed by atoms with Gasteiger partial charge in [0, 0.05) is 17.7 Å². The summed E-state index contributed by atoms with van der Waals surface area (Å²) in [5.41, 5.74) is -2.26. The number of carbonyl (C=O) groups is 1. The molecule has 17 nitrogen and oxygen atoms in total. The van der Waals surface area contributed by atoms with E-state index >= 15 is 0 Å². The number of phenolic OH excluding ortho intramolecular Hbond substituents is 8. The van der Waals surface area contributed by atoms with Gasteiger partial charge in [-0.05, 0) is 24.3 Å². The summed E-state index contributed by atoms with van der Waals surface area (Å²) in [5, 5.41) is 110. The maximum Gasteiger partial charge on any atom is 0.338 e. The van der Waals surface area contributed by atoms with Gasteiger partial charge in [0.2, 0.25) is 17.5 Å². The molecule has 1 fully saturated rings. The van der Waals surface area contributed by atoms with Gasteiger partial charge in [-0.25, -0.2) is 4.79 Å². The zero-order valence-corrected chi connectivity index (χ0v) is 22.4. The van der Waals surface area contributed by atoms with Crippen LogP contribution in [0.15, 0.2) is 45.6 Å². The Labute approximate surface area is 249 Å². The molecule has 5 rings (SSSR count). The first kappa shape index (κ1) is 30.8. The molecule has 0 saturated carbocycles. The summed E-state index contributed by atoms with van der Waals surface area (Å²) in [5.74, 6) is -9.11. The van der Waals surface area contributed by atoms with Crippen LogP contribution in [0.5, 0.6) is 51.7 Å². The van der Waals surface area contributed by atoms with E-state index in [4.69, 9.17) is 18.6 Å². The van der Waals surface area contributed by atoms with Crippen molar-refractivity contribution in [3.05, 3.63) is 52.2 Å². The zero-order valence-electron chi connectivity index (χ0n) is 22.4. The van der Waals surface area contributed by atoms with Crippen LogP contribution < -0.4 is 10.2 Å². The second-order valence-electron chi connectivity index (χ2n) is 9.88. The van der Waals surface area contributed by atoms with Gasteiger partial charge < -0.3 is 74.8 Å². The van der Waals surface area contributed by atoms with E-state index in [1.807, 2.05) is 0 Å². The first-order valence-corrected chi connectivity index (χ1v) is 12.7. The van der Waals surface area contributed by atoms with E-state index in [1.54, 1.807) is 0 Å². The molecule has 11 N–H and O–H groups in total. The van der Waals surface area contributed by atoms with Crippen LogP contribution in [-0.4, -0.2) is 99.5 Å².